The van der Waals surface area contributed by atoms with E-state index in [2.05, 4.69) is 12.1 Å². The lowest BCUT2D eigenvalue weighted by Crippen LogP contribution is -1.96. The molecule has 0 saturated carbocycles. The zero-order valence-corrected chi connectivity index (χ0v) is 6.31. The second-order valence-corrected chi connectivity index (χ2v) is 3.68. The second-order valence-electron chi connectivity index (χ2n) is 1.95. The molecule has 45 valence electrons. The van der Waals surface area contributed by atoms with Gasteiger partial charge in [0.15, 0.2) is 0 Å². The van der Waals surface area contributed by atoms with Crippen LogP contribution < -0.4 is 5.30 Å². The zero-order chi connectivity index (χ0) is 6.69. The van der Waals surface area contributed by atoms with Gasteiger partial charge in [-0.15, -0.1) is 0 Å². The van der Waals surface area contributed by atoms with Gasteiger partial charge in [0.2, 0.25) is 0 Å². The van der Waals surface area contributed by atoms with E-state index in [9.17, 15) is 0 Å². The van der Waals surface area contributed by atoms with Gasteiger partial charge in [0.05, 0.1) is 0 Å². The van der Waals surface area contributed by atoms with Gasteiger partial charge < -0.3 is 15.4 Å². The topological polar surface area (TPSA) is 0 Å². The average molecular weight is 134 g/mol. The lowest BCUT2D eigenvalue weighted by atomic mass is 10.4. The van der Waals surface area contributed by atoms with Crippen molar-refractivity contribution in [3.8, 4) is 0 Å². The molecular weight excluding hydrogens is 126 g/mol. The van der Waals surface area contributed by atoms with Gasteiger partial charge >= 0.3 is 0 Å². The third kappa shape index (κ3) is 1.84. The van der Waals surface area contributed by atoms with E-state index in [-0.39, 0.29) is 0 Å². The molecule has 1 atom stereocenters. The SMILES string of the molecule is [B-]P(C)c1ccccc1. The second kappa shape index (κ2) is 3.03. The van der Waals surface area contributed by atoms with Crippen molar-refractivity contribution >= 4 is 20.7 Å². The van der Waals surface area contributed by atoms with Crippen molar-refractivity contribution in [2.75, 3.05) is 6.66 Å². The molecule has 0 aromatic heterocycles. The number of hydrogen-bond acceptors (Lipinski definition) is 0. The molecule has 9 heavy (non-hydrogen) atoms. The summed E-state index contributed by atoms with van der Waals surface area (Å²) in [5.74, 6) is 0. The first-order chi connectivity index (χ1) is 4.30. The van der Waals surface area contributed by atoms with Gasteiger partial charge in [-0.25, -0.2) is 0 Å². The Labute approximate surface area is 58.4 Å². The smallest absolute Gasteiger partial charge is 0.0582 e. The lowest BCUT2D eigenvalue weighted by Gasteiger charge is -2.19. The predicted molar refractivity (Wildman–Crippen MR) is 44.7 cm³/mol. The minimum absolute atomic E-state index is 0.396. The summed E-state index contributed by atoms with van der Waals surface area (Å²) in [7, 11) is 5.28. The Morgan fingerprint density at radius 3 is 2.11 bits per heavy atom. The Kier molecular flexibility index (Phi) is 2.30. The first-order valence-electron chi connectivity index (χ1n) is 2.84. The number of benzene rings is 1. The van der Waals surface area contributed by atoms with Crippen LogP contribution in [-0.4, -0.2) is 14.2 Å². The first kappa shape index (κ1) is 6.83. The Morgan fingerprint density at radius 1 is 1.22 bits per heavy atom. The maximum atomic E-state index is 5.68. The molecule has 0 heterocycles. The largest absolute Gasteiger partial charge is 0.573 e. The highest BCUT2D eigenvalue weighted by Crippen LogP contribution is 2.20. The van der Waals surface area contributed by atoms with Crippen LogP contribution in [-0.2, 0) is 0 Å². The Morgan fingerprint density at radius 2 is 1.78 bits per heavy atom. The van der Waals surface area contributed by atoms with Gasteiger partial charge in [-0.3, -0.25) is 0 Å². The van der Waals surface area contributed by atoms with E-state index < -0.39 is 7.80 Å². The highest BCUT2D eigenvalue weighted by molar-refractivity contribution is 7.87. The van der Waals surface area contributed by atoms with Gasteiger partial charge in [-0.2, -0.15) is 0 Å². The van der Waals surface area contributed by atoms with Gasteiger partial charge in [0.1, 0.15) is 0 Å². The van der Waals surface area contributed by atoms with Gasteiger partial charge in [0, 0.05) is 0 Å². The van der Waals surface area contributed by atoms with Crippen LogP contribution in [0.2, 0.25) is 0 Å². The Balaban J connectivity index is 2.85. The highest BCUT2D eigenvalue weighted by Gasteiger charge is 1.81. The van der Waals surface area contributed by atoms with Crippen molar-refractivity contribution in [1.29, 1.82) is 0 Å². The highest BCUT2D eigenvalue weighted by atomic mass is 31.1. The summed E-state index contributed by atoms with van der Waals surface area (Å²) in [6.45, 7) is 2.05. The molecule has 0 aliphatic rings. The normalized spacial score (nSPS) is 13.1. The number of hydrogen-bond donors (Lipinski definition) is 0. The molecule has 0 bridgehead atoms. The van der Waals surface area contributed by atoms with E-state index in [0.717, 1.165) is 0 Å². The molecule has 0 N–H and O–H groups in total. The van der Waals surface area contributed by atoms with Crippen LogP contribution in [0.1, 0.15) is 0 Å². The molecule has 0 spiro atoms. The third-order valence-corrected chi connectivity index (χ3v) is 2.28. The predicted octanol–water partition coefficient (Wildman–Crippen LogP) is 1.51. The molecule has 1 unspecified atom stereocenters. The minimum Gasteiger partial charge on any atom is -0.573 e. The molecule has 0 fully saturated rings. The summed E-state index contributed by atoms with van der Waals surface area (Å²) in [6.07, 6.45) is 0. The van der Waals surface area contributed by atoms with Crippen LogP contribution in [0.4, 0.5) is 0 Å². The van der Waals surface area contributed by atoms with E-state index in [1.165, 1.54) is 5.30 Å². The summed E-state index contributed by atoms with van der Waals surface area (Å²) in [5.41, 5.74) is 0. The fourth-order valence-electron chi connectivity index (χ4n) is 0.663. The van der Waals surface area contributed by atoms with Crippen molar-refractivity contribution in [2.24, 2.45) is 0 Å². The molecule has 1 rings (SSSR count). The molecule has 0 saturated heterocycles. The van der Waals surface area contributed by atoms with Crippen molar-refractivity contribution in [3.05, 3.63) is 30.3 Å². The molecule has 2 heteroatoms. The van der Waals surface area contributed by atoms with Gasteiger partial charge in [-0.1, -0.05) is 42.3 Å². The standard InChI is InChI=1S/C7H8BP/c1-9(8)7-5-3-2-4-6-7/h2-6H,1H3/q-1. The van der Waals surface area contributed by atoms with Crippen molar-refractivity contribution in [3.63, 3.8) is 0 Å². The average Bonchev–Trinajstić information content (AvgIpc) is 1.90. The van der Waals surface area contributed by atoms with E-state index in [4.69, 9.17) is 7.57 Å². The van der Waals surface area contributed by atoms with Crippen LogP contribution in [0.15, 0.2) is 30.3 Å². The van der Waals surface area contributed by atoms with Crippen molar-refractivity contribution in [2.45, 2.75) is 0 Å². The molecular formula is C7H8BP-. The lowest BCUT2D eigenvalue weighted by molar-refractivity contribution is 1.77. The molecule has 3 radical (unpaired) electrons. The minimum atomic E-state index is -0.396. The van der Waals surface area contributed by atoms with Crippen LogP contribution in [0.25, 0.3) is 0 Å². The molecule has 0 amide bonds. The van der Waals surface area contributed by atoms with Crippen LogP contribution in [0, 0.1) is 0 Å². The number of rotatable bonds is 1. The molecule has 0 aliphatic heterocycles. The zero-order valence-electron chi connectivity index (χ0n) is 5.41. The molecule has 0 aliphatic carbocycles. The summed E-state index contributed by atoms with van der Waals surface area (Å²) in [6, 6.07) is 10.2. The molecule has 1 aromatic rings. The van der Waals surface area contributed by atoms with E-state index >= 15 is 0 Å². The van der Waals surface area contributed by atoms with E-state index in [1.54, 1.807) is 0 Å². The quantitative estimate of drug-likeness (QED) is 0.403. The van der Waals surface area contributed by atoms with E-state index in [1.807, 2.05) is 24.9 Å². The Hall–Kier alpha value is -0.285. The van der Waals surface area contributed by atoms with Crippen LogP contribution in [0.3, 0.4) is 0 Å². The molecule has 1 aromatic carbocycles. The van der Waals surface area contributed by atoms with Crippen molar-refractivity contribution in [1.82, 2.24) is 0 Å². The van der Waals surface area contributed by atoms with Crippen LogP contribution >= 0.6 is 7.80 Å². The maximum absolute atomic E-state index is 5.68. The maximum Gasteiger partial charge on any atom is -0.0582 e. The fourth-order valence-corrected chi connectivity index (χ4v) is 1.31. The fraction of sp³-hybridized carbons (Fsp3) is 0.143. The van der Waals surface area contributed by atoms with Gasteiger partial charge in [0.25, 0.3) is 0 Å². The van der Waals surface area contributed by atoms with Crippen molar-refractivity contribution < 1.29 is 0 Å². The first-order valence-corrected chi connectivity index (χ1v) is 4.70. The summed E-state index contributed by atoms with van der Waals surface area (Å²) in [5, 5.41) is 1.26. The Bertz CT molecular complexity index is 172. The van der Waals surface area contributed by atoms with Gasteiger partial charge in [-0.05, 0) is 0 Å². The van der Waals surface area contributed by atoms with Crippen LogP contribution in [0.5, 0.6) is 0 Å². The van der Waals surface area contributed by atoms with E-state index in [0.29, 0.717) is 0 Å². The summed E-state index contributed by atoms with van der Waals surface area (Å²) >= 11 is 0. The summed E-state index contributed by atoms with van der Waals surface area (Å²) in [4.78, 5) is 0. The third-order valence-electron chi connectivity index (χ3n) is 1.16. The summed E-state index contributed by atoms with van der Waals surface area (Å²) < 4.78 is 0. The molecule has 0 nitrogen and oxygen atoms in total. The monoisotopic (exact) mass is 134 g/mol.